The Bertz CT molecular complexity index is 339. The maximum atomic E-state index is 3.70. The molecule has 0 radical (unpaired) electrons. The summed E-state index contributed by atoms with van der Waals surface area (Å²) in [5, 5.41) is 8.22. The second-order valence-corrected chi connectivity index (χ2v) is 8.93. The van der Waals surface area contributed by atoms with Crippen LogP contribution < -0.4 is 5.32 Å². The molecule has 1 N–H and O–H groups in total. The van der Waals surface area contributed by atoms with E-state index in [1.165, 1.54) is 17.1 Å². The molecule has 18 heavy (non-hydrogen) atoms. The summed E-state index contributed by atoms with van der Waals surface area (Å²) in [5.41, 5.74) is 0. The molecule has 0 bridgehead atoms. The van der Waals surface area contributed by atoms with Crippen molar-refractivity contribution in [2.45, 2.75) is 49.0 Å². The Morgan fingerprint density at radius 1 is 1.39 bits per heavy atom. The lowest BCUT2D eigenvalue weighted by atomic mass is 10.1. The first kappa shape index (κ1) is 14.8. The largest absolute Gasteiger partial charge is 0.313 e. The summed E-state index contributed by atoms with van der Waals surface area (Å²) < 4.78 is 0. The van der Waals surface area contributed by atoms with Crippen molar-refractivity contribution >= 4 is 34.9 Å². The number of thioether (sulfide) groups is 2. The first-order valence-corrected chi connectivity index (χ1v) is 9.60. The fourth-order valence-electron chi connectivity index (χ4n) is 2.26. The van der Waals surface area contributed by atoms with Gasteiger partial charge in [0.05, 0.1) is 0 Å². The van der Waals surface area contributed by atoms with E-state index in [1.807, 2.05) is 11.3 Å². The van der Waals surface area contributed by atoms with Crippen LogP contribution in [0.25, 0.3) is 0 Å². The smallest absolute Gasteiger partial charge is 0.0298 e. The third kappa shape index (κ3) is 3.92. The minimum atomic E-state index is 0.626. The molecule has 0 saturated carbocycles. The van der Waals surface area contributed by atoms with E-state index in [1.54, 1.807) is 0 Å². The number of hydrogen-bond acceptors (Lipinski definition) is 4. The van der Waals surface area contributed by atoms with E-state index in [0.717, 1.165) is 22.3 Å². The lowest BCUT2D eigenvalue weighted by molar-refractivity contribution is 0.523. The molecule has 4 unspecified atom stereocenters. The summed E-state index contributed by atoms with van der Waals surface area (Å²) in [4.78, 5) is 1.51. The topological polar surface area (TPSA) is 12.0 Å². The van der Waals surface area contributed by atoms with Gasteiger partial charge >= 0.3 is 0 Å². The highest BCUT2D eigenvalue weighted by Crippen LogP contribution is 2.37. The lowest BCUT2D eigenvalue weighted by Gasteiger charge is -2.36. The van der Waals surface area contributed by atoms with Crippen LogP contribution >= 0.6 is 34.9 Å². The third-order valence-corrected chi connectivity index (χ3v) is 7.94. The predicted octanol–water partition coefficient (Wildman–Crippen LogP) is 3.89. The van der Waals surface area contributed by atoms with Crippen molar-refractivity contribution in [3.63, 3.8) is 0 Å². The molecule has 4 heteroatoms. The molecule has 1 aliphatic rings. The van der Waals surface area contributed by atoms with Crippen molar-refractivity contribution in [1.29, 1.82) is 0 Å². The minimum Gasteiger partial charge on any atom is -0.313 e. The monoisotopic (exact) mass is 301 g/mol. The Morgan fingerprint density at radius 3 is 2.83 bits per heavy atom. The van der Waals surface area contributed by atoms with Crippen LogP contribution in [0, 0.1) is 0 Å². The van der Waals surface area contributed by atoms with Gasteiger partial charge in [-0.3, -0.25) is 0 Å². The van der Waals surface area contributed by atoms with Crippen molar-refractivity contribution in [3.05, 3.63) is 22.4 Å². The van der Waals surface area contributed by atoms with E-state index in [-0.39, 0.29) is 0 Å². The molecule has 2 heterocycles. The molecule has 1 saturated heterocycles. The van der Waals surface area contributed by atoms with Crippen LogP contribution in [-0.4, -0.2) is 34.1 Å². The highest BCUT2D eigenvalue weighted by atomic mass is 32.2. The van der Waals surface area contributed by atoms with Crippen LogP contribution in [-0.2, 0) is 6.42 Å². The van der Waals surface area contributed by atoms with Crippen LogP contribution in [0.2, 0.25) is 0 Å². The van der Waals surface area contributed by atoms with Gasteiger partial charge in [0.15, 0.2) is 0 Å². The second-order valence-electron chi connectivity index (χ2n) is 4.87. The van der Waals surface area contributed by atoms with Gasteiger partial charge in [0.25, 0.3) is 0 Å². The summed E-state index contributed by atoms with van der Waals surface area (Å²) in [7, 11) is 0. The molecule has 0 aromatic carbocycles. The Hall–Kier alpha value is 0.360. The van der Waals surface area contributed by atoms with E-state index in [9.17, 15) is 0 Å². The van der Waals surface area contributed by atoms with E-state index in [4.69, 9.17) is 0 Å². The Labute approximate surface area is 124 Å². The Balaban J connectivity index is 1.96. The van der Waals surface area contributed by atoms with E-state index in [0.29, 0.717) is 6.04 Å². The molecule has 0 spiro atoms. The zero-order chi connectivity index (χ0) is 13.0. The van der Waals surface area contributed by atoms with Crippen LogP contribution in [0.5, 0.6) is 0 Å². The average Bonchev–Trinajstić information content (AvgIpc) is 2.85. The van der Waals surface area contributed by atoms with Crippen LogP contribution in [0.3, 0.4) is 0 Å². The van der Waals surface area contributed by atoms with Crippen molar-refractivity contribution in [2.75, 3.05) is 12.3 Å². The van der Waals surface area contributed by atoms with Gasteiger partial charge in [0, 0.05) is 32.4 Å². The highest BCUT2D eigenvalue weighted by Gasteiger charge is 2.31. The maximum Gasteiger partial charge on any atom is 0.0298 e. The predicted molar refractivity (Wildman–Crippen MR) is 88.2 cm³/mol. The van der Waals surface area contributed by atoms with Gasteiger partial charge in [0.2, 0.25) is 0 Å². The van der Waals surface area contributed by atoms with Gasteiger partial charge in [-0.05, 0) is 24.4 Å². The molecule has 0 aliphatic carbocycles. The summed E-state index contributed by atoms with van der Waals surface area (Å²) in [5.74, 6) is 1.29. The molecule has 4 atom stereocenters. The molecule has 1 aromatic heterocycles. The minimum absolute atomic E-state index is 0.626. The quantitative estimate of drug-likeness (QED) is 0.886. The molecule has 1 aliphatic heterocycles. The SMILES string of the molecule is CCNC(Cc1cccs1)C1CSC(C)C(C)S1. The third-order valence-electron chi connectivity index (χ3n) is 3.49. The Morgan fingerprint density at radius 2 is 2.22 bits per heavy atom. The van der Waals surface area contributed by atoms with Gasteiger partial charge in [-0.25, -0.2) is 0 Å². The number of rotatable bonds is 5. The summed E-state index contributed by atoms with van der Waals surface area (Å²) in [6.07, 6.45) is 1.19. The fraction of sp³-hybridized carbons (Fsp3) is 0.714. The first-order chi connectivity index (χ1) is 8.70. The van der Waals surface area contributed by atoms with Crippen molar-refractivity contribution in [2.24, 2.45) is 0 Å². The number of thiophene rings is 1. The van der Waals surface area contributed by atoms with Crippen LogP contribution in [0.1, 0.15) is 25.6 Å². The van der Waals surface area contributed by atoms with Gasteiger partial charge in [0.1, 0.15) is 0 Å². The number of nitrogens with one attached hydrogen (secondary N) is 1. The molecule has 1 fully saturated rings. The van der Waals surface area contributed by atoms with Crippen LogP contribution in [0.15, 0.2) is 17.5 Å². The maximum absolute atomic E-state index is 3.70. The van der Waals surface area contributed by atoms with E-state index >= 15 is 0 Å². The zero-order valence-corrected chi connectivity index (χ0v) is 13.8. The van der Waals surface area contributed by atoms with Gasteiger partial charge in [-0.1, -0.05) is 26.8 Å². The number of likely N-dealkylation sites (N-methyl/N-ethyl adjacent to an activating group) is 1. The van der Waals surface area contributed by atoms with Gasteiger partial charge in [-0.15, -0.1) is 11.3 Å². The summed E-state index contributed by atoms with van der Waals surface area (Å²) >= 11 is 6.22. The molecule has 102 valence electrons. The second kappa shape index (κ2) is 7.22. The van der Waals surface area contributed by atoms with Gasteiger partial charge < -0.3 is 5.32 Å². The molecule has 0 amide bonds. The molecular weight excluding hydrogens is 278 g/mol. The molecule has 1 aromatic rings. The van der Waals surface area contributed by atoms with E-state index in [2.05, 4.69) is 67.1 Å². The average molecular weight is 302 g/mol. The molecular formula is C14H23NS3. The fourth-order valence-corrected chi connectivity index (χ4v) is 6.16. The lowest BCUT2D eigenvalue weighted by Crippen LogP contribution is -2.44. The van der Waals surface area contributed by atoms with Crippen molar-refractivity contribution in [3.8, 4) is 0 Å². The summed E-state index contributed by atoms with van der Waals surface area (Å²) in [6, 6.07) is 5.05. The van der Waals surface area contributed by atoms with Crippen LogP contribution in [0.4, 0.5) is 0 Å². The first-order valence-electron chi connectivity index (χ1n) is 6.73. The standard InChI is InChI=1S/C14H23NS3/c1-4-15-13(8-12-6-5-7-16-12)14-9-17-10(2)11(3)18-14/h5-7,10-11,13-15H,4,8-9H2,1-3H3. The summed E-state index contributed by atoms with van der Waals surface area (Å²) in [6.45, 7) is 8.03. The number of hydrogen-bond donors (Lipinski definition) is 1. The van der Waals surface area contributed by atoms with Crippen molar-refractivity contribution in [1.82, 2.24) is 5.32 Å². The Kier molecular flexibility index (Phi) is 5.93. The molecule has 2 rings (SSSR count). The van der Waals surface area contributed by atoms with Crippen molar-refractivity contribution < 1.29 is 0 Å². The van der Waals surface area contributed by atoms with E-state index < -0.39 is 0 Å². The highest BCUT2D eigenvalue weighted by molar-refractivity contribution is 8.07. The van der Waals surface area contributed by atoms with Gasteiger partial charge in [-0.2, -0.15) is 23.5 Å². The molecule has 1 nitrogen and oxygen atoms in total. The zero-order valence-electron chi connectivity index (χ0n) is 11.4. The normalized spacial score (nSPS) is 30.3.